The van der Waals surface area contributed by atoms with E-state index in [1.807, 2.05) is 30.3 Å². The highest BCUT2D eigenvalue weighted by atomic mass is 16.5. The Morgan fingerprint density at radius 1 is 1.00 bits per heavy atom. The lowest BCUT2D eigenvalue weighted by molar-refractivity contribution is 0.410. The average Bonchev–Trinajstić information content (AvgIpc) is 2.76. The number of aromatic nitrogens is 3. The number of rotatable bonds is 10. The predicted octanol–water partition coefficient (Wildman–Crippen LogP) is 4.12. The van der Waals surface area contributed by atoms with Crippen molar-refractivity contribution < 1.29 is 4.74 Å². The normalized spacial score (nSPS) is 10.4. The van der Waals surface area contributed by atoms with Crippen LogP contribution in [0.3, 0.4) is 0 Å². The minimum Gasteiger partial charge on any atom is -0.496 e. The van der Waals surface area contributed by atoms with E-state index in [2.05, 4.69) is 62.8 Å². The molecule has 0 unspecified atom stereocenters. The molecule has 7 heteroatoms. The van der Waals surface area contributed by atoms with Crippen LogP contribution >= 0.6 is 0 Å². The minimum absolute atomic E-state index is 0.461. The van der Waals surface area contributed by atoms with Crippen molar-refractivity contribution in [2.45, 2.75) is 20.3 Å². The molecule has 0 bridgehead atoms. The van der Waals surface area contributed by atoms with Crippen LogP contribution in [0.15, 0.2) is 54.7 Å². The van der Waals surface area contributed by atoms with Gasteiger partial charge in [0, 0.05) is 31.0 Å². The molecule has 1 aromatic heterocycles. The minimum atomic E-state index is 0.461. The molecule has 0 amide bonds. The van der Waals surface area contributed by atoms with Crippen LogP contribution in [0.5, 0.6) is 5.75 Å². The molecular formula is C22H28N6O. The Bertz CT molecular complexity index is 896. The number of nitrogens with zero attached hydrogens (tertiary/aromatic N) is 4. The Morgan fingerprint density at radius 3 is 2.48 bits per heavy atom. The summed E-state index contributed by atoms with van der Waals surface area (Å²) in [5.74, 6) is 2.03. The largest absolute Gasteiger partial charge is 0.496 e. The van der Waals surface area contributed by atoms with Gasteiger partial charge in [-0.3, -0.25) is 0 Å². The molecule has 3 rings (SSSR count). The summed E-state index contributed by atoms with van der Waals surface area (Å²) in [7, 11) is 1.69. The Balaban J connectivity index is 1.58. The van der Waals surface area contributed by atoms with Gasteiger partial charge in [-0.1, -0.05) is 18.2 Å². The third-order valence-electron chi connectivity index (χ3n) is 4.70. The zero-order valence-electron chi connectivity index (χ0n) is 17.2. The fraction of sp³-hybridized carbons (Fsp3) is 0.318. The molecule has 0 saturated heterocycles. The average molecular weight is 393 g/mol. The van der Waals surface area contributed by atoms with Crippen LogP contribution in [-0.4, -0.2) is 41.9 Å². The maximum atomic E-state index is 5.39. The summed E-state index contributed by atoms with van der Waals surface area (Å²) in [6.07, 6.45) is 2.44. The monoisotopic (exact) mass is 392 g/mol. The van der Waals surface area contributed by atoms with Crippen LogP contribution in [0.25, 0.3) is 0 Å². The van der Waals surface area contributed by atoms with Gasteiger partial charge in [-0.15, -0.1) is 5.10 Å². The zero-order chi connectivity index (χ0) is 20.5. The van der Waals surface area contributed by atoms with Crippen molar-refractivity contribution in [3.63, 3.8) is 0 Å². The first-order valence-corrected chi connectivity index (χ1v) is 9.91. The summed E-state index contributed by atoms with van der Waals surface area (Å²) in [5.41, 5.74) is 3.27. The molecule has 152 valence electrons. The van der Waals surface area contributed by atoms with E-state index in [0.717, 1.165) is 43.1 Å². The molecule has 0 saturated carbocycles. The van der Waals surface area contributed by atoms with E-state index in [9.17, 15) is 0 Å². The third-order valence-corrected chi connectivity index (χ3v) is 4.70. The van der Waals surface area contributed by atoms with Gasteiger partial charge in [-0.05, 0) is 56.2 Å². The number of nitrogens with one attached hydrogen (secondary N) is 2. The van der Waals surface area contributed by atoms with E-state index in [4.69, 9.17) is 4.74 Å². The molecule has 0 aliphatic heterocycles. The van der Waals surface area contributed by atoms with Gasteiger partial charge in [0.15, 0.2) is 5.82 Å². The summed E-state index contributed by atoms with van der Waals surface area (Å²) in [6, 6.07) is 16.3. The molecule has 1 heterocycles. The van der Waals surface area contributed by atoms with Crippen molar-refractivity contribution in [1.29, 1.82) is 0 Å². The number of para-hydroxylation sites is 1. The first-order chi connectivity index (χ1) is 14.2. The van der Waals surface area contributed by atoms with Crippen molar-refractivity contribution in [2.75, 3.05) is 42.3 Å². The van der Waals surface area contributed by atoms with E-state index in [1.54, 1.807) is 13.3 Å². The maximum Gasteiger partial charge on any atom is 0.249 e. The molecular weight excluding hydrogens is 364 g/mol. The quantitative estimate of drug-likeness (QED) is 0.537. The fourth-order valence-electron chi connectivity index (χ4n) is 3.15. The van der Waals surface area contributed by atoms with Crippen LogP contribution in [0.1, 0.15) is 19.4 Å². The topological polar surface area (TPSA) is 75.2 Å². The molecule has 0 aliphatic rings. The van der Waals surface area contributed by atoms with Gasteiger partial charge in [0.1, 0.15) is 5.75 Å². The van der Waals surface area contributed by atoms with Gasteiger partial charge >= 0.3 is 0 Å². The lowest BCUT2D eigenvalue weighted by atomic mass is 10.1. The highest BCUT2D eigenvalue weighted by Crippen LogP contribution is 2.20. The molecule has 0 aliphatic carbocycles. The first-order valence-electron chi connectivity index (χ1n) is 9.91. The smallest absolute Gasteiger partial charge is 0.249 e. The van der Waals surface area contributed by atoms with Crippen molar-refractivity contribution in [3.8, 4) is 5.75 Å². The summed E-state index contributed by atoms with van der Waals surface area (Å²) < 4.78 is 5.39. The second-order valence-corrected chi connectivity index (χ2v) is 6.50. The molecule has 0 atom stereocenters. The zero-order valence-corrected chi connectivity index (χ0v) is 17.2. The number of hydrogen-bond donors (Lipinski definition) is 2. The number of hydrogen-bond acceptors (Lipinski definition) is 7. The van der Waals surface area contributed by atoms with Gasteiger partial charge in [-0.2, -0.15) is 10.1 Å². The van der Waals surface area contributed by atoms with Gasteiger partial charge in [0.05, 0.1) is 13.3 Å². The molecule has 29 heavy (non-hydrogen) atoms. The van der Waals surface area contributed by atoms with Gasteiger partial charge in [0.25, 0.3) is 0 Å². The maximum absolute atomic E-state index is 5.39. The summed E-state index contributed by atoms with van der Waals surface area (Å²) in [5, 5.41) is 14.6. The predicted molar refractivity (Wildman–Crippen MR) is 118 cm³/mol. The first kappa shape index (κ1) is 20.4. The summed E-state index contributed by atoms with van der Waals surface area (Å²) >= 11 is 0. The van der Waals surface area contributed by atoms with Crippen LogP contribution in [0.2, 0.25) is 0 Å². The lowest BCUT2D eigenvalue weighted by Gasteiger charge is -2.21. The lowest BCUT2D eigenvalue weighted by Crippen LogP contribution is -2.21. The molecule has 2 N–H and O–H groups in total. The molecule has 2 aromatic carbocycles. The number of ether oxygens (including phenoxy) is 1. The van der Waals surface area contributed by atoms with Crippen LogP contribution in [-0.2, 0) is 6.42 Å². The third kappa shape index (κ3) is 5.57. The number of anilines is 4. The Hall–Kier alpha value is -3.35. The van der Waals surface area contributed by atoms with Gasteiger partial charge in [0.2, 0.25) is 5.95 Å². The van der Waals surface area contributed by atoms with Crippen molar-refractivity contribution in [2.24, 2.45) is 0 Å². The van der Waals surface area contributed by atoms with E-state index < -0.39 is 0 Å². The summed E-state index contributed by atoms with van der Waals surface area (Å²) in [4.78, 5) is 6.79. The summed E-state index contributed by atoms with van der Waals surface area (Å²) in [6.45, 7) is 7.00. The second-order valence-electron chi connectivity index (χ2n) is 6.50. The SMILES string of the molecule is CCN(CC)c1ccc(Nc2nncc(NCCc3ccccc3OC)n2)cc1. The molecule has 0 fully saturated rings. The molecule has 0 radical (unpaired) electrons. The van der Waals surface area contributed by atoms with Crippen molar-refractivity contribution >= 4 is 23.1 Å². The fourth-order valence-corrected chi connectivity index (χ4v) is 3.15. The number of methoxy groups -OCH3 is 1. The second kappa shape index (κ2) is 10.3. The molecule has 7 nitrogen and oxygen atoms in total. The number of benzene rings is 2. The van der Waals surface area contributed by atoms with Crippen molar-refractivity contribution in [1.82, 2.24) is 15.2 Å². The molecule has 0 spiro atoms. The van der Waals surface area contributed by atoms with E-state index >= 15 is 0 Å². The van der Waals surface area contributed by atoms with E-state index in [0.29, 0.717) is 11.8 Å². The van der Waals surface area contributed by atoms with E-state index in [1.165, 1.54) is 5.69 Å². The standard InChI is InChI=1S/C22H28N6O/c1-4-28(5-2)19-12-10-18(11-13-19)25-22-26-21(16-24-27-22)23-15-14-17-8-6-7-9-20(17)29-3/h6-13,16H,4-5,14-15H2,1-3H3,(H2,23,25,26,27). The highest BCUT2D eigenvalue weighted by molar-refractivity contribution is 5.59. The Kier molecular flexibility index (Phi) is 7.22. The Labute approximate surface area is 172 Å². The van der Waals surface area contributed by atoms with Crippen LogP contribution < -0.4 is 20.3 Å². The van der Waals surface area contributed by atoms with Gasteiger partial charge < -0.3 is 20.3 Å². The van der Waals surface area contributed by atoms with Gasteiger partial charge in [-0.25, -0.2) is 0 Å². The van der Waals surface area contributed by atoms with E-state index in [-0.39, 0.29) is 0 Å². The highest BCUT2D eigenvalue weighted by Gasteiger charge is 2.05. The van der Waals surface area contributed by atoms with Crippen LogP contribution in [0.4, 0.5) is 23.1 Å². The molecule has 3 aromatic rings. The Morgan fingerprint density at radius 2 is 1.76 bits per heavy atom. The van der Waals surface area contributed by atoms with Crippen molar-refractivity contribution in [3.05, 3.63) is 60.3 Å². The van der Waals surface area contributed by atoms with Crippen LogP contribution in [0, 0.1) is 0 Å².